The largest absolute Gasteiger partial charge is 0.496 e. The van der Waals surface area contributed by atoms with Crippen LogP contribution in [0.3, 0.4) is 0 Å². The Morgan fingerprint density at radius 2 is 1.89 bits per heavy atom. The van der Waals surface area contributed by atoms with Crippen molar-refractivity contribution in [3.8, 4) is 5.75 Å². The summed E-state index contributed by atoms with van der Waals surface area (Å²) in [7, 11) is 1.54. The molecule has 0 aromatic heterocycles. The molecule has 6 heteroatoms. The Balaban J connectivity index is 1.44. The van der Waals surface area contributed by atoms with Gasteiger partial charge >= 0.3 is 0 Å². The first kappa shape index (κ1) is 21.0. The van der Waals surface area contributed by atoms with Gasteiger partial charge in [0.15, 0.2) is 0 Å². The number of hydrogen-bond donors (Lipinski definition) is 2. The fourth-order valence-electron chi connectivity index (χ4n) is 3.37. The number of nitrogens with one attached hydrogen (secondary N) is 2. The number of amides is 1. The summed E-state index contributed by atoms with van der Waals surface area (Å²) in [6.07, 6.45) is 7.38. The van der Waals surface area contributed by atoms with Crippen LogP contribution >= 0.6 is 23.5 Å². The monoisotopic (exact) mass is 418 g/mol. The van der Waals surface area contributed by atoms with Crippen LogP contribution in [0, 0.1) is 0 Å². The van der Waals surface area contributed by atoms with Gasteiger partial charge in [-0.3, -0.25) is 9.52 Å². The predicted octanol–water partition coefficient (Wildman–Crippen LogP) is 5.25. The second-order valence-corrected chi connectivity index (χ2v) is 8.40. The summed E-state index contributed by atoms with van der Waals surface area (Å²) in [4.78, 5) is 13.6. The third-order valence-corrected chi connectivity index (χ3v) is 6.17. The minimum atomic E-state index is -0.178. The second kappa shape index (κ2) is 10.7. The Morgan fingerprint density at radius 3 is 2.61 bits per heavy atom. The molecule has 0 unspecified atom stereocenters. The molecule has 0 radical (unpaired) electrons. The lowest BCUT2D eigenvalue weighted by Gasteiger charge is -2.22. The van der Waals surface area contributed by atoms with E-state index in [1.807, 2.05) is 0 Å². The van der Waals surface area contributed by atoms with E-state index in [0.29, 0.717) is 28.9 Å². The lowest BCUT2D eigenvalue weighted by atomic mass is 9.96. The van der Waals surface area contributed by atoms with Gasteiger partial charge in [-0.15, -0.1) is 0 Å². The van der Waals surface area contributed by atoms with Crippen molar-refractivity contribution in [2.75, 3.05) is 13.7 Å². The molecule has 0 heterocycles. The number of ether oxygens (including phenoxy) is 1. The van der Waals surface area contributed by atoms with E-state index in [-0.39, 0.29) is 5.91 Å². The molecule has 28 heavy (non-hydrogen) atoms. The number of benzene rings is 2. The quantitative estimate of drug-likeness (QED) is 0.575. The Hall–Kier alpha value is -1.69. The Morgan fingerprint density at radius 1 is 1.14 bits per heavy atom. The minimum absolute atomic E-state index is 0.178. The van der Waals surface area contributed by atoms with Crippen LogP contribution in [0.5, 0.6) is 5.75 Å². The molecular formula is C22H27ClN2O2S. The molecule has 0 saturated heterocycles. The zero-order valence-corrected chi connectivity index (χ0v) is 17.7. The van der Waals surface area contributed by atoms with Gasteiger partial charge in [0.25, 0.3) is 5.91 Å². The summed E-state index contributed by atoms with van der Waals surface area (Å²) in [5.74, 6) is 0.344. The Labute approximate surface area is 176 Å². The van der Waals surface area contributed by atoms with Gasteiger partial charge in [0.2, 0.25) is 0 Å². The molecule has 1 fully saturated rings. The molecule has 0 atom stereocenters. The van der Waals surface area contributed by atoms with Crippen LogP contribution in [0.2, 0.25) is 5.02 Å². The van der Waals surface area contributed by atoms with Gasteiger partial charge in [-0.2, -0.15) is 0 Å². The molecule has 2 aromatic carbocycles. The van der Waals surface area contributed by atoms with Gasteiger partial charge in [-0.05, 0) is 67.1 Å². The van der Waals surface area contributed by atoms with Crippen molar-refractivity contribution in [2.24, 2.45) is 0 Å². The average Bonchev–Trinajstić information content (AvgIpc) is 2.74. The van der Waals surface area contributed by atoms with Gasteiger partial charge in [0.1, 0.15) is 5.75 Å². The molecule has 1 saturated carbocycles. The topological polar surface area (TPSA) is 50.4 Å². The molecule has 2 aromatic rings. The Kier molecular flexibility index (Phi) is 8.07. The summed E-state index contributed by atoms with van der Waals surface area (Å²) in [5, 5.41) is 3.45. The molecule has 1 aliphatic rings. The van der Waals surface area contributed by atoms with Crippen molar-refractivity contribution in [1.82, 2.24) is 10.0 Å². The zero-order valence-electron chi connectivity index (χ0n) is 16.2. The maximum absolute atomic E-state index is 12.4. The number of carbonyl (C=O) groups excluding carboxylic acids is 1. The first-order valence-electron chi connectivity index (χ1n) is 9.79. The van der Waals surface area contributed by atoms with E-state index in [0.717, 1.165) is 6.42 Å². The normalized spacial score (nSPS) is 14.6. The number of rotatable bonds is 8. The van der Waals surface area contributed by atoms with Crippen molar-refractivity contribution in [1.29, 1.82) is 0 Å². The van der Waals surface area contributed by atoms with E-state index in [2.05, 4.69) is 34.3 Å². The molecule has 1 amide bonds. The lowest BCUT2D eigenvalue weighted by Crippen LogP contribution is -2.26. The van der Waals surface area contributed by atoms with E-state index in [1.165, 1.54) is 42.6 Å². The molecule has 0 spiro atoms. The smallest absolute Gasteiger partial charge is 0.255 e. The van der Waals surface area contributed by atoms with Crippen molar-refractivity contribution < 1.29 is 9.53 Å². The molecule has 0 aliphatic heterocycles. The highest BCUT2D eigenvalue weighted by molar-refractivity contribution is 7.97. The van der Waals surface area contributed by atoms with E-state index in [9.17, 15) is 4.79 Å². The minimum Gasteiger partial charge on any atom is -0.496 e. The first-order valence-corrected chi connectivity index (χ1v) is 11.0. The number of halogens is 1. The van der Waals surface area contributed by atoms with Crippen molar-refractivity contribution in [3.63, 3.8) is 0 Å². The summed E-state index contributed by atoms with van der Waals surface area (Å²) in [5.41, 5.74) is 1.65. The zero-order chi connectivity index (χ0) is 19.8. The highest BCUT2D eigenvalue weighted by atomic mass is 35.5. The van der Waals surface area contributed by atoms with Crippen molar-refractivity contribution >= 4 is 29.5 Å². The van der Waals surface area contributed by atoms with Crippen LogP contribution in [0.1, 0.15) is 48.0 Å². The molecule has 4 nitrogen and oxygen atoms in total. The summed E-state index contributed by atoms with van der Waals surface area (Å²) in [6.45, 7) is 0.557. The molecule has 1 aliphatic carbocycles. The van der Waals surface area contributed by atoms with E-state index in [4.69, 9.17) is 16.3 Å². The standard InChI is InChI=1S/C22H27ClN2O2S/c1-27-21-12-9-17(23)15-20(21)22(26)24-14-13-16-7-10-19(11-8-16)28-25-18-5-3-2-4-6-18/h7-12,15,18,25H,2-6,13-14H2,1H3,(H,24,26). The van der Waals surface area contributed by atoms with Gasteiger partial charge in [-0.25, -0.2) is 0 Å². The van der Waals surface area contributed by atoms with Crippen LogP contribution in [-0.2, 0) is 6.42 Å². The number of methoxy groups -OCH3 is 1. The first-order chi connectivity index (χ1) is 13.7. The van der Waals surface area contributed by atoms with E-state index in [1.54, 1.807) is 37.3 Å². The van der Waals surface area contributed by atoms with Gasteiger partial charge in [-0.1, -0.05) is 43.0 Å². The molecule has 2 N–H and O–H groups in total. The van der Waals surface area contributed by atoms with E-state index < -0.39 is 0 Å². The number of carbonyl (C=O) groups is 1. The summed E-state index contributed by atoms with van der Waals surface area (Å²) >= 11 is 7.72. The maximum atomic E-state index is 12.4. The number of hydrogen-bond acceptors (Lipinski definition) is 4. The maximum Gasteiger partial charge on any atom is 0.255 e. The van der Waals surface area contributed by atoms with E-state index >= 15 is 0 Å². The predicted molar refractivity (Wildman–Crippen MR) is 116 cm³/mol. The fourth-order valence-corrected chi connectivity index (χ4v) is 4.35. The van der Waals surface area contributed by atoms with Crippen LogP contribution in [0.15, 0.2) is 47.4 Å². The SMILES string of the molecule is COc1ccc(Cl)cc1C(=O)NCCc1ccc(SNC2CCCCC2)cc1. The van der Waals surface area contributed by atoms with Crippen LogP contribution in [0.25, 0.3) is 0 Å². The van der Waals surface area contributed by atoms with Crippen molar-refractivity contribution in [2.45, 2.75) is 49.5 Å². The van der Waals surface area contributed by atoms with Crippen molar-refractivity contribution in [3.05, 3.63) is 58.6 Å². The molecule has 3 rings (SSSR count). The van der Waals surface area contributed by atoms with Gasteiger partial charge in [0, 0.05) is 22.5 Å². The Bertz CT molecular complexity index is 777. The fraction of sp³-hybridized carbons (Fsp3) is 0.409. The van der Waals surface area contributed by atoms with Crippen LogP contribution < -0.4 is 14.8 Å². The highest BCUT2D eigenvalue weighted by Gasteiger charge is 2.13. The lowest BCUT2D eigenvalue weighted by molar-refractivity contribution is 0.0951. The third-order valence-electron chi connectivity index (χ3n) is 4.98. The summed E-state index contributed by atoms with van der Waals surface area (Å²) in [6, 6.07) is 14.2. The van der Waals surface area contributed by atoms with Gasteiger partial charge in [0.05, 0.1) is 12.7 Å². The summed E-state index contributed by atoms with van der Waals surface area (Å²) < 4.78 is 8.82. The van der Waals surface area contributed by atoms with Crippen LogP contribution in [0.4, 0.5) is 0 Å². The average molecular weight is 419 g/mol. The van der Waals surface area contributed by atoms with Crippen LogP contribution in [-0.4, -0.2) is 25.6 Å². The van der Waals surface area contributed by atoms with Gasteiger partial charge < -0.3 is 10.1 Å². The molecule has 0 bridgehead atoms. The molecular weight excluding hydrogens is 392 g/mol. The molecule has 150 valence electrons. The highest BCUT2D eigenvalue weighted by Crippen LogP contribution is 2.24. The third kappa shape index (κ3) is 6.16. The second-order valence-electron chi connectivity index (χ2n) is 7.05.